The molecule has 28 heavy (non-hydrogen) atoms. The molecule has 0 saturated carbocycles. The van der Waals surface area contributed by atoms with Crippen LogP contribution >= 0.6 is 0 Å². The predicted octanol–water partition coefficient (Wildman–Crippen LogP) is 1.45. The molecular formula is C20H32N4O3S. The van der Waals surface area contributed by atoms with Crippen LogP contribution in [0.2, 0.25) is 0 Å². The number of benzene rings is 1. The van der Waals surface area contributed by atoms with E-state index in [1.807, 2.05) is 12.1 Å². The molecule has 0 bridgehead atoms. The van der Waals surface area contributed by atoms with Gasteiger partial charge in [0.15, 0.2) is 15.8 Å². The van der Waals surface area contributed by atoms with Crippen LogP contribution in [0.4, 0.5) is 0 Å². The Hall–Kier alpha value is -2.09. The number of nitrogens with one attached hydrogen (secondary N) is 2. The maximum Gasteiger partial charge on any atom is 0.220 e. The first kappa shape index (κ1) is 22.2. The third-order valence-electron chi connectivity index (χ3n) is 5.02. The Morgan fingerprint density at radius 2 is 1.86 bits per heavy atom. The average molecular weight is 409 g/mol. The Labute approximate surface area is 168 Å². The van der Waals surface area contributed by atoms with E-state index in [1.54, 1.807) is 19.2 Å². The van der Waals surface area contributed by atoms with Crippen LogP contribution in [0, 0.1) is 5.92 Å². The SMILES string of the molecule is CCNC(=NCCc1ccc(S(C)(=O)=O)cc1)N1CCC(CC(=O)NC)CC1. The molecule has 1 aliphatic rings. The Kier molecular flexibility index (Phi) is 8.29. The lowest BCUT2D eigenvalue weighted by atomic mass is 9.93. The molecule has 1 heterocycles. The minimum atomic E-state index is -3.16. The van der Waals surface area contributed by atoms with Crippen molar-refractivity contribution < 1.29 is 13.2 Å². The van der Waals surface area contributed by atoms with Gasteiger partial charge in [-0.05, 0) is 49.8 Å². The Bertz CT molecular complexity index is 767. The van der Waals surface area contributed by atoms with Crippen molar-refractivity contribution in [2.75, 3.05) is 39.5 Å². The van der Waals surface area contributed by atoms with Gasteiger partial charge in [-0.2, -0.15) is 0 Å². The van der Waals surface area contributed by atoms with Gasteiger partial charge >= 0.3 is 0 Å². The Morgan fingerprint density at radius 1 is 1.21 bits per heavy atom. The molecule has 7 nitrogen and oxygen atoms in total. The normalized spacial score (nSPS) is 16.1. The summed E-state index contributed by atoms with van der Waals surface area (Å²) in [4.78, 5) is 18.9. The zero-order valence-electron chi connectivity index (χ0n) is 17.1. The van der Waals surface area contributed by atoms with Crippen LogP contribution < -0.4 is 10.6 Å². The van der Waals surface area contributed by atoms with E-state index in [9.17, 15) is 13.2 Å². The van der Waals surface area contributed by atoms with Crippen LogP contribution in [-0.4, -0.2) is 64.7 Å². The molecule has 0 radical (unpaired) electrons. The quantitative estimate of drug-likeness (QED) is 0.526. The predicted molar refractivity (Wildman–Crippen MR) is 112 cm³/mol. The molecule has 1 aromatic rings. The van der Waals surface area contributed by atoms with Crippen LogP contribution in [0.15, 0.2) is 34.2 Å². The largest absolute Gasteiger partial charge is 0.359 e. The van der Waals surface area contributed by atoms with Crippen molar-refractivity contribution in [1.82, 2.24) is 15.5 Å². The number of sulfone groups is 1. The molecule has 0 aromatic heterocycles. The number of amides is 1. The summed E-state index contributed by atoms with van der Waals surface area (Å²) in [6, 6.07) is 7.00. The smallest absolute Gasteiger partial charge is 0.220 e. The van der Waals surface area contributed by atoms with Gasteiger partial charge in [-0.3, -0.25) is 9.79 Å². The maximum absolute atomic E-state index is 11.6. The molecule has 8 heteroatoms. The molecule has 156 valence electrons. The van der Waals surface area contributed by atoms with Crippen molar-refractivity contribution in [3.8, 4) is 0 Å². The lowest BCUT2D eigenvalue weighted by Crippen LogP contribution is -2.46. The zero-order chi connectivity index (χ0) is 20.6. The summed E-state index contributed by atoms with van der Waals surface area (Å²) in [5, 5.41) is 6.05. The molecule has 0 aliphatic carbocycles. The molecule has 2 rings (SSSR count). The van der Waals surface area contributed by atoms with Gasteiger partial charge in [-0.25, -0.2) is 8.42 Å². The molecule has 1 aliphatic heterocycles. The van der Waals surface area contributed by atoms with E-state index in [0.29, 0.717) is 23.8 Å². The van der Waals surface area contributed by atoms with E-state index in [0.717, 1.165) is 50.4 Å². The molecule has 1 amide bonds. The highest BCUT2D eigenvalue weighted by atomic mass is 32.2. The highest BCUT2D eigenvalue weighted by Gasteiger charge is 2.23. The van der Waals surface area contributed by atoms with E-state index in [-0.39, 0.29) is 5.91 Å². The van der Waals surface area contributed by atoms with Crippen molar-refractivity contribution in [3.63, 3.8) is 0 Å². The lowest BCUT2D eigenvalue weighted by molar-refractivity contribution is -0.121. The summed E-state index contributed by atoms with van der Waals surface area (Å²) in [5.41, 5.74) is 1.07. The number of aliphatic imine (C=N–C) groups is 1. The fourth-order valence-electron chi connectivity index (χ4n) is 3.33. The molecule has 2 N–H and O–H groups in total. The average Bonchev–Trinajstić information content (AvgIpc) is 2.67. The van der Waals surface area contributed by atoms with Gasteiger partial charge in [0.25, 0.3) is 0 Å². The van der Waals surface area contributed by atoms with Crippen LogP contribution in [0.3, 0.4) is 0 Å². The first-order chi connectivity index (χ1) is 13.3. The van der Waals surface area contributed by atoms with Gasteiger partial charge in [-0.1, -0.05) is 12.1 Å². The van der Waals surface area contributed by atoms with Gasteiger partial charge < -0.3 is 15.5 Å². The number of piperidine rings is 1. The highest BCUT2D eigenvalue weighted by Crippen LogP contribution is 2.20. The molecule has 0 spiro atoms. The number of carbonyl (C=O) groups excluding carboxylic acids is 1. The van der Waals surface area contributed by atoms with Gasteiger partial charge in [0, 0.05) is 45.9 Å². The van der Waals surface area contributed by atoms with Crippen LogP contribution in [0.5, 0.6) is 0 Å². The second-order valence-electron chi connectivity index (χ2n) is 7.21. The Morgan fingerprint density at radius 3 is 2.39 bits per heavy atom. The van der Waals surface area contributed by atoms with Gasteiger partial charge in [0.05, 0.1) is 4.90 Å². The van der Waals surface area contributed by atoms with E-state index in [1.165, 1.54) is 6.26 Å². The van der Waals surface area contributed by atoms with Gasteiger partial charge in [0.2, 0.25) is 5.91 Å². The van der Waals surface area contributed by atoms with Crippen molar-refractivity contribution in [1.29, 1.82) is 0 Å². The summed E-state index contributed by atoms with van der Waals surface area (Å²) in [7, 11) is -1.48. The molecule has 1 saturated heterocycles. The first-order valence-electron chi connectivity index (χ1n) is 9.86. The summed E-state index contributed by atoms with van der Waals surface area (Å²) < 4.78 is 23.1. The van der Waals surface area contributed by atoms with E-state index in [2.05, 4.69) is 22.5 Å². The van der Waals surface area contributed by atoms with Crippen LogP contribution in [0.1, 0.15) is 31.7 Å². The van der Waals surface area contributed by atoms with Crippen molar-refractivity contribution in [2.24, 2.45) is 10.9 Å². The minimum Gasteiger partial charge on any atom is -0.359 e. The van der Waals surface area contributed by atoms with Crippen LogP contribution in [0.25, 0.3) is 0 Å². The Balaban J connectivity index is 1.89. The number of nitrogens with zero attached hydrogens (tertiary/aromatic N) is 2. The third-order valence-corrected chi connectivity index (χ3v) is 6.14. The fourth-order valence-corrected chi connectivity index (χ4v) is 3.96. The lowest BCUT2D eigenvalue weighted by Gasteiger charge is -2.34. The van der Waals surface area contributed by atoms with E-state index < -0.39 is 9.84 Å². The summed E-state index contributed by atoms with van der Waals surface area (Å²) in [6.07, 6.45) is 4.55. The number of hydrogen-bond donors (Lipinski definition) is 2. The first-order valence-corrected chi connectivity index (χ1v) is 11.8. The minimum absolute atomic E-state index is 0.112. The standard InChI is InChI=1S/C20H32N4O3S/c1-4-22-20(24-13-10-17(11-14-24)15-19(25)21-2)23-12-9-16-5-7-18(8-6-16)28(3,26)27/h5-8,17H,4,9-15H2,1-3H3,(H,21,25)(H,22,23). The number of carbonyl (C=O) groups is 1. The van der Waals surface area contributed by atoms with Gasteiger partial charge in [0.1, 0.15) is 0 Å². The summed E-state index contributed by atoms with van der Waals surface area (Å²) in [5.74, 6) is 1.46. The van der Waals surface area contributed by atoms with Crippen molar-refractivity contribution in [2.45, 2.75) is 37.5 Å². The number of hydrogen-bond acceptors (Lipinski definition) is 4. The highest BCUT2D eigenvalue weighted by molar-refractivity contribution is 7.90. The van der Waals surface area contributed by atoms with Gasteiger partial charge in [-0.15, -0.1) is 0 Å². The van der Waals surface area contributed by atoms with Crippen molar-refractivity contribution in [3.05, 3.63) is 29.8 Å². The fraction of sp³-hybridized carbons (Fsp3) is 0.600. The summed E-state index contributed by atoms with van der Waals surface area (Å²) in [6.45, 7) is 5.30. The topological polar surface area (TPSA) is 90.9 Å². The molecule has 0 unspecified atom stereocenters. The molecule has 1 fully saturated rings. The van der Waals surface area contributed by atoms with Crippen LogP contribution in [-0.2, 0) is 21.1 Å². The molecular weight excluding hydrogens is 376 g/mol. The second kappa shape index (κ2) is 10.5. The van der Waals surface area contributed by atoms with E-state index >= 15 is 0 Å². The molecule has 0 atom stereocenters. The summed E-state index contributed by atoms with van der Waals surface area (Å²) >= 11 is 0. The number of guanidine groups is 1. The number of rotatable bonds is 7. The maximum atomic E-state index is 11.6. The molecule has 1 aromatic carbocycles. The van der Waals surface area contributed by atoms with Crippen molar-refractivity contribution >= 4 is 21.7 Å². The third kappa shape index (κ3) is 6.82. The van der Waals surface area contributed by atoms with E-state index in [4.69, 9.17) is 4.99 Å². The second-order valence-corrected chi connectivity index (χ2v) is 9.23. The monoisotopic (exact) mass is 408 g/mol. The zero-order valence-corrected chi connectivity index (χ0v) is 17.9. The number of likely N-dealkylation sites (tertiary alicyclic amines) is 1.